The Hall–Kier alpha value is -3.80. The van der Waals surface area contributed by atoms with Gasteiger partial charge in [-0.3, -0.25) is 9.59 Å². The summed E-state index contributed by atoms with van der Waals surface area (Å²) in [6, 6.07) is 24.0. The van der Waals surface area contributed by atoms with Crippen LogP contribution in [0, 0.1) is 5.92 Å². The standard InChI is InChI=1S/C26H28N2O4/c1-19(2)25(29)28-21-14-12-20(13-15-21)18-27-26(30)23-10-6-7-11-24(23)32-17-16-31-22-8-4-3-5-9-22/h3-15,19H,16-18H2,1-2H3,(H,27,30)(H,28,29). The highest BCUT2D eigenvalue weighted by Crippen LogP contribution is 2.18. The number of carbonyl (C=O) groups excluding carboxylic acids is 2. The molecule has 6 nitrogen and oxygen atoms in total. The van der Waals surface area contributed by atoms with Gasteiger partial charge >= 0.3 is 0 Å². The summed E-state index contributed by atoms with van der Waals surface area (Å²) in [6.07, 6.45) is 0. The normalized spacial score (nSPS) is 10.5. The molecule has 2 N–H and O–H groups in total. The molecule has 0 atom stereocenters. The van der Waals surface area contributed by atoms with Crippen molar-refractivity contribution >= 4 is 17.5 Å². The molecular weight excluding hydrogens is 404 g/mol. The third kappa shape index (κ3) is 6.87. The van der Waals surface area contributed by atoms with E-state index in [2.05, 4.69) is 10.6 Å². The third-order valence-corrected chi connectivity index (χ3v) is 4.68. The van der Waals surface area contributed by atoms with Gasteiger partial charge in [0.2, 0.25) is 5.91 Å². The van der Waals surface area contributed by atoms with Gasteiger partial charge in [-0.15, -0.1) is 0 Å². The molecule has 166 valence electrons. The summed E-state index contributed by atoms with van der Waals surface area (Å²) in [7, 11) is 0. The summed E-state index contributed by atoms with van der Waals surface area (Å²) in [5.41, 5.74) is 2.12. The van der Waals surface area contributed by atoms with Gasteiger partial charge in [0.1, 0.15) is 24.7 Å². The number of rotatable bonds is 10. The predicted octanol–water partition coefficient (Wildman–Crippen LogP) is 4.67. The Morgan fingerprint density at radius 2 is 1.47 bits per heavy atom. The van der Waals surface area contributed by atoms with Crippen LogP contribution in [0.2, 0.25) is 0 Å². The van der Waals surface area contributed by atoms with Gasteiger partial charge in [-0.25, -0.2) is 0 Å². The fourth-order valence-corrected chi connectivity index (χ4v) is 2.88. The minimum absolute atomic E-state index is 0.0307. The van der Waals surface area contributed by atoms with E-state index in [0.29, 0.717) is 31.1 Å². The van der Waals surface area contributed by atoms with Gasteiger partial charge in [-0.2, -0.15) is 0 Å². The number of benzene rings is 3. The minimum atomic E-state index is -0.221. The molecule has 0 radical (unpaired) electrons. The first kappa shape index (κ1) is 22.9. The minimum Gasteiger partial charge on any atom is -0.490 e. The van der Waals surface area contributed by atoms with E-state index >= 15 is 0 Å². The molecule has 0 saturated heterocycles. The van der Waals surface area contributed by atoms with Gasteiger partial charge in [0.15, 0.2) is 0 Å². The van der Waals surface area contributed by atoms with E-state index in [1.807, 2.05) is 74.5 Å². The second kappa shape index (κ2) is 11.6. The molecule has 3 aromatic rings. The molecule has 0 aromatic heterocycles. The molecule has 3 rings (SSSR count). The topological polar surface area (TPSA) is 76.7 Å². The van der Waals surface area contributed by atoms with Crippen molar-refractivity contribution in [2.75, 3.05) is 18.5 Å². The molecule has 0 fully saturated rings. The van der Waals surface area contributed by atoms with Crippen molar-refractivity contribution in [2.45, 2.75) is 20.4 Å². The van der Waals surface area contributed by atoms with E-state index in [-0.39, 0.29) is 17.7 Å². The van der Waals surface area contributed by atoms with E-state index in [1.165, 1.54) is 0 Å². The van der Waals surface area contributed by atoms with Gasteiger partial charge in [0.05, 0.1) is 5.56 Å². The molecular formula is C26H28N2O4. The van der Waals surface area contributed by atoms with Crippen molar-refractivity contribution in [2.24, 2.45) is 5.92 Å². The van der Waals surface area contributed by atoms with Gasteiger partial charge in [0.25, 0.3) is 5.91 Å². The van der Waals surface area contributed by atoms with Crippen LogP contribution in [0.3, 0.4) is 0 Å². The zero-order valence-corrected chi connectivity index (χ0v) is 18.3. The molecule has 0 aliphatic rings. The van der Waals surface area contributed by atoms with Crippen molar-refractivity contribution in [1.82, 2.24) is 5.32 Å². The first-order valence-electron chi connectivity index (χ1n) is 10.6. The smallest absolute Gasteiger partial charge is 0.255 e. The van der Waals surface area contributed by atoms with Crippen molar-refractivity contribution < 1.29 is 19.1 Å². The van der Waals surface area contributed by atoms with Gasteiger partial charge in [-0.1, -0.05) is 56.3 Å². The Balaban J connectivity index is 1.50. The van der Waals surface area contributed by atoms with Crippen molar-refractivity contribution in [3.8, 4) is 11.5 Å². The highest BCUT2D eigenvalue weighted by molar-refractivity contribution is 5.96. The lowest BCUT2D eigenvalue weighted by molar-refractivity contribution is -0.118. The number of hydrogen-bond donors (Lipinski definition) is 2. The lowest BCUT2D eigenvalue weighted by Crippen LogP contribution is -2.24. The summed E-state index contributed by atoms with van der Waals surface area (Å²) >= 11 is 0. The fraction of sp³-hybridized carbons (Fsp3) is 0.231. The molecule has 0 heterocycles. The van der Waals surface area contributed by atoms with Crippen LogP contribution < -0.4 is 20.1 Å². The highest BCUT2D eigenvalue weighted by atomic mass is 16.5. The number of para-hydroxylation sites is 2. The van der Waals surface area contributed by atoms with Crippen LogP contribution in [0.25, 0.3) is 0 Å². The number of amides is 2. The molecule has 3 aromatic carbocycles. The molecule has 2 amide bonds. The zero-order valence-electron chi connectivity index (χ0n) is 18.3. The average molecular weight is 433 g/mol. The molecule has 0 spiro atoms. The molecule has 0 saturated carbocycles. The Morgan fingerprint density at radius 1 is 0.812 bits per heavy atom. The van der Waals surface area contributed by atoms with Crippen molar-refractivity contribution in [1.29, 1.82) is 0 Å². The summed E-state index contributed by atoms with van der Waals surface area (Å²) in [5.74, 6) is 0.949. The Labute approximate surface area is 188 Å². The lowest BCUT2D eigenvalue weighted by Gasteiger charge is -2.13. The summed E-state index contributed by atoms with van der Waals surface area (Å²) in [4.78, 5) is 24.5. The van der Waals surface area contributed by atoms with E-state index < -0.39 is 0 Å². The summed E-state index contributed by atoms with van der Waals surface area (Å²) in [5, 5.41) is 5.76. The number of carbonyl (C=O) groups is 2. The van der Waals surface area contributed by atoms with Gasteiger partial charge < -0.3 is 20.1 Å². The van der Waals surface area contributed by atoms with Crippen molar-refractivity contribution in [3.63, 3.8) is 0 Å². The van der Waals surface area contributed by atoms with Crippen LogP contribution in [0.4, 0.5) is 5.69 Å². The first-order chi connectivity index (χ1) is 15.5. The van der Waals surface area contributed by atoms with Crippen molar-refractivity contribution in [3.05, 3.63) is 90.0 Å². The Bertz CT molecular complexity index is 1020. The van der Waals surface area contributed by atoms with Crippen LogP contribution in [-0.4, -0.2) is 25.0 Å². The van der Waals surface area contributed by atoms with E-state index in [9.17, 15) is 9.59 Å². The maximum absolute atomic E-state index is 12.7. The molecule has 0 aliphatic heterocycles. The quantitative estimate of drug-likeness (QED) is 0.457. The molecule has 0 unspecified atom stereocenters. The molecule has 32 heavy (non-hydrogen) atoms. The number of anilines is 1. The number of ether oxygens (including phenoxy) is 2. The number of nitrogens with one attached hydrogen (secondary N) is 2. The second-order valence-corrected chi connectivity index (χ2v) is 7.53. The lowest BCUT2D eigenvalue weighted by atomic mass is 10.1. The van der Waals surface area contributed by atoms with Crippen LogP contribution in [-0.2, 0) is 11.3 Å². The van der Waals surface area contributed by atoms with Crippen LogP contribution in [0.1, 0.15) is 29.8 Å². The molecule has 6 heteroatoms. The first-order valence-corrected chi connectivity index (χ1v) is 10.6. The monoisotopic (exact) mass is 432 g/mol. The van der Waals surface area contributed by atoms with E-state index in [4.69, 9.17) is 9.47 Å². The predicted molar refractivity (Wildman–Crippen MR) is 125 cm³/mol. The maximum atomic E-state index is 12.7. The van der Waals surface area contributed by atoms with E-state index in [1.54, 1.807) is 18.2 Å². The summed E-state index contributed by atoms with van der Waals surface area (Å²) < 4.78 is 11.4. The highest BCUT2D eigenvalue weighted by Gasteiger charge is 2.12. The van der Waals surface area contributed by atoms with Crippen LogP contribution in [0.15, 0.2) is 78.9 Å². The number of hydrogen-bond acceptors (Lipinski definition) is 4. The van der Waals surface area contributed by atoms with E-state index in [0.717, 1.165) is 17.0 Å². The average Bonchev–Trinajstić information content (AvgIpc) is 2.82. The Morgan fingerprint density at radius 3 is 2.19 bits per heavy atom. The molecule has 0 bridgehead atoms. The van der Waals surface area contributed by atoms with Gasteiger partial charge in [0, 0.05) is 18.2 Å². The van der Waals surface area contributed by atoms with Crippen LogP contribution in [0.5, 0.6) is 11.5 Å². The SMILES string of the molecule is CC(C)C(=O)Nc1ccc(CNC(=O)c2ccccc2OCCOc2ccccc2)cc1. The second-order valence-electron chi connectivity index (χ2n) is 7.53. The Kier molecular flexibility index (Phi) is 8.26. The summed E-state index contributed by atoms with van der Waals surface area (Å²) in [6.45, 7) is 4.75. The van der Waals surface area contributed by atoms with Crippen LogP contribution >= 0.6 is 0 Å². The molecule has 0 aliphatic carbocycles. The largest absolute Gasteiger partial charge is 0.490 e. The third-order valence-electron chi connectivity index (χ3n) is 4.68. The van der Waals surface area contributed by atoms with Gasteiger partial charge in [-0.05, 0) is 42.0 Å². The maximum Gasteiger partial charge on any atom is 0.255 e. The zero-order chi connectivity index (χ0) is 22.8. The fourth-order valence-electron chi connectivity index (χ4n) is 2.88.